The Balaban J connectivity index is 1.78. The first kappa shape index (κ1) is 13.6. The summed E-state index contributed by atoms with van der Waals surface area (Å²) in [7, 11) is 0. The fourth-order valence-electron chi connectivity index (χ4n) is 3.45. The van der Waals surface area contributed by atoms with Gasteiger partial charge in [-0.1, -0.05) is 24.3 Å². The number of rotatable bonds is 4. The van der Waals surface area contributed by atoms with Gasteiger partial charge < -0.3 is 9.84 Å². The number of ether oxygens (including phenoxy) is 1. The second-order valence-corrected chi connectivity index (χ2v) is 5.75. The molecule has 20 heavy (non-hydrogen) atoms. The summed E-state index contributed by atoms with van der Waals surface area (Å²) in [5, 5.41) is 9.80. The lowest BCUT2D eigenvalue weighted by Crippen LogP contribution is -2.42. The Kier molecular flexibility index (Phi) is 3.76. The molecule has 1 aromatic carbocycles. The third-order valence-electron chi connectivity index (χ3n) is 4.72. The maximum Gasteiger partial charge on any atom is 0.314 e. The van der Waals surface area contributed by atoms with Gasteiger partial charge in [-0.15, -0.1) is 0 Å². The van der Waals surface area contributed by atoms with E-state index < -0.39 is 11.4 Å². The number of nitrogens with zero attached hydrogens (tertiary/aromatic N) is 1. The van der Waals surface area contributed by atoms with Crippen molar-refractivity contribution in [3.8, 4) is 0 Å². The lowest BCUT2D eigenvalue weighted by molar-refractivity contribution is -0.144. The molecule has 1 aromatic rings. The van der Waals surface area contributed by atoms with E-state index in [1.165, 1.54) is 5.56 Å². The molecule has 4 nitrogen and oxygen atoms in total. The van der Waals surface area contributed by atoms with Gasteiger partial charge in [-0.05, 0) is 36.9 Å². The van der Waals surface area contributed by atoms with E-state index in [1.54, 1.807) is 0 Å². The molecule has 108 valence electrons. The van der Waals surface area contributed by atoms with Gasteiger partial charge >= 0.3 is 5.97 Å². The molecule has 1 N–H and O–H groups in total. The first-order valence-corrected chi connectivity index (χ1v) is 7.34. The number of hydrogen-bond acceptors (Lipinski definition) is 3. The van der Waals surface area contributed by atoms with E-state index in [2.05, 4.69) is 11.0 Å². The van der Waals surface area contributed by atoms with Gasteiger partial charge in [0.05, 0.1) is 18.6 Å². The number of benzene rings is 1. The summed E-state index contributed by atoms with van der Waals surface area (Å²) < 4.78 is 5.34. The number of fused-ring (bicyclic) bond motifs is 1. The molecule has 2 aliphatic rings. The highest BCUT2D eigenvalue weighted by atomic mass is 16.5. The second kappa shape index (κ2) is 5.54. The summed E-state index contributed by atoms with van der Waals surface area (Å²) in [6.45, 7) is 4.19. The average Bonchev–Trinajstić information content (AvgIpc) is 2.87. The van der Waals surface area contributed by atoms with Crippen LogP contribution >= 0.6 is 0 Å². The van der Waals surface area contributed by atoms with Gasteiger partial charge in [0.2, 0.25) is 0 Å². The Bertz CT molecular complexity index is 496. The van der Waals surface area contributed by atoms with E-state index in [0.717, 1.165) is 51.3 Å². The Labute approximate surface area is 119 Å². The van der Waals surface area contributed by atoms with E-state index in [-0.39, 0.29) is 0 Å². The van der Waals surface area contributed by atoms with E-state index in [4.69, 9.17) is 4.74 Å². The van der Waals surface area contributed by atoms with E-state index in [9.17, 15) is 9.90 Å². The van der Waals surface area contributed by atoms with Crippen molar-refractivity contribution >= 4 is 5.97 Å². The van der Waals surface area contributed by atoms with Crippen molar-refractivity contribution in [3.05, 3.63) is 35.4 Å². The number of carboxylic acid groups (broad SMARTS) is 1. The summed E-state index contributed by atoms with van der Waals surface area (Å²) in [5.74, 6) is -0.671. The SMILES string of the molecule is O=C(O)C1(CCN2CCOCC2)CCc2ccccc21. The van der Waals surface area contributed by atoms with Gasteiger partial charge in [-0.2, -0.15) is 0 Å². The van der Waals surface area contributed by atoms with Crippen molar-refractivity contribution in [2.45, 2.75) is 24.7 Å². The molecule has 1 aliphatic carbocycles. The van der Waals surface area contributed by atoms with Gasteiger partial charge in [0, 0.05) is 13.1 Å². The molecule has 0 radical (unpaired) electrons. The Hall–Kier alpha value is -1.39. The van der Waals surface area contributed by atoms with Crippen molar-refractivity contribution in [2.24, 2.45) is 0 Å². The minimum absolute atomic E-state index is 0.671. The minimum Gasteiger partial charge on any atom is -0.481 e. The largest absolute Gasteiger partial charge is 0.481 e. The monoisotopic (exact) mass is 275 g/mol. The van der Waals surface area contributed by atoms with Crippen LogP contribution in [-0.2, 0) is 21.4 Å². The molecule has 1 unspecified atom stereocenters. The zero-order valence-electron chi connectivity index (χ0n) is 11.7. The molecular weight excluding hydrogens is 254 g/mol. The maximum atomic E-state index is 11.9. The van der Waals surface area contributed by atoms with Crippen LogP contribution in [0.15, 0.2) is 24.3 Å². The summed E-state index contributed by atoms with van der Waals surface area (Å²) in [4.78, 5) is 14.2. The van der Waals surface area contributed by atoms with Crippen molar-refractivity contribution in [2.75, 3.05) is 32.8 Å². The Morgan fingerprint density at radius 3 is 2.80 bits per heavy atom. The highest BCUT2D eigenvalue weighted by molar-refractivity contribution is 5.83. The third kappa shape index (κ3) is 2.34. The summed E-state index contributed by atoms with van der Waals surface area (Å²) in [6, 6.07) is 8.01. The van der Waals surface area contributed by atoms with Crippen molar-refractivity contribution < 1.29 is 14.6 Å². The highest BCUT2D eigenvalue weighted by Crippen LogP contribution is 2.42. The maximum absolute atomic E-state index is 11.9. The number of aliphatic carboxylic acids is 1. The smallest absolute Gasteiger partial charge is 0.314 e. The molecule has 0 saturated carbocycles. The van der Waals surface area contributed by atoms with Crippen molar-refractivity contribution in [1.29, 1.82) is 0 Å². The fourth-order valence-corrected chi connectivity index (χ4v) is 3.45. The lowest BCUT2D eigenvalue weighted by Gasteiger charge is -2.31. The summed E-state index contributed by atoms with van der Waals surface area (Å²) in [5.41, 5.74) is 1.55. The van der Waals surface area contributed by atoms with Crippen LogP contribution in [0, 0.1) is 0 Å². The number of hydrogen-bond donors (Lipinski definition) is 1. The molecule has 0 aromatic heterocycles. The minimum atomic E-state index is -0.686. The van der Waals surface area contributed by atoms with Crippen LogP contribution in [0.2, 0.25) is 0 Å². The van der Waals surface area contributed by atoms with Crippen LogP contribution in [0.1, 0.15) is 24.0 Å². The van der Waals surface area contributed by atoms with Crippen LogP contribution in [0.4, 0.5) is 0 Å². The number of carbonyl (C=O) groups is 1. The molecule has 1 fully saturated rings. The van der Waals surface area contributed by atoms with Gasteiger partial charge in [0.25, 0.3) is 0 Å². The number of morpholine rings is 1. The van der Waals surface area contributed by atoms with Crippen LogP contribution < -0.4 is 0 Å². The topological polar surface area (TPSA) is 49.8 Å². The normalized spacial score (nSPS) is 26.4. The molecule has 3 rings (SSSR count). The van der Waals surface area contributed by atoms with Crippen LogP contribution in [0.25, 0.3) is 0 Å². The molecule has 0 amide bonds. The third-order valence-corrected chi connectivity index (χ3v) is 4.72. The standard InChI is InChI=1S/C16H21NO3/c18-15(19)16(7-8-17-9-11-20-12-10-17)6-5-13-3-1-2-4-14(13)16/h1-4H,5-12H2,(H,18,19). The van der Waals surface area contributed by atoms with Crippen molar-refractivity contribution in [1.82, 2.24) is 4.90 Å². The quantitative estimate of drug-likeness (QED) is 0.908. The lowest BCUT2D eigenvalue weighted by atomic mass is 9.78. The molecule has 0 spiro atoms. The van der Waals surface area contributed by atoms with E-state index in [1.807, 2.05) is 18.2 Å². The molecule has 1 saturated heterocycles. The zero-order valence-corrected chi connectivity index (χ0v) is 11.7. The van der Waals surface area contributed by atoms with Crippen LogP contribution in [0.5, 0.6) is 0 Å². The first-order chi connectivity index (χ1) is 9.72. The second-order valence-electron chi connectivity index (χ2n) is 5.75. The van der Waals surface area contributed by atoms with E-state index >= 15 is 0 Å². The van der Waals surface area contributed by atoms with Gasteiger partial charge in [-0.3, -0.25) is 9.69 Å². The fraction of sp³-hybridized carbons (Fsp3) is 0.562. The van der Waals surface area contributed by atoms with E-state index in [0.29, 0.717) is 6.42 Å². The number of aryl methyl sites for hydroxylation is 1. The molecule has 0 bridgehead atoms. The Morgan fingerprint density at radius 2 is 2.05 bits per heavy atom. The molecule has 1 heterocycles. The first-order valence-electron chi connectivity index (χ1n) is 7.34. The number of carboxylic acids is 1. The van der Waals surface area contributed by atoms with Gasteiger partial charge in [0.1, 0.15) is 0 Å². The average molecular weight is 275 g/mol. The Morgan fingerprint density at radius 1 is 1.30 bits per heavy atom. The predicted octanol–water partition coefficient (Wildman–Crippen LogP) is 1.68. The molecule has 1 aliphatic heterocycles. The molecular formula is C16H21NO3. The summed E-state index contributed by atoms with van der Waals surface area (Å²) >= 11 is 0. The molecule has 1 atom stereocenters. The zero-order chi connectivity index (χ0) is 14.0. The van der Waals surface area contributed by atoms with Crippen LogP contribution in [0.3, 0.4) is 0 Å². The van der Waals surface area contributed by atoms with Crippen LogP contribution in [-0.4, -0.2) is 48.8 Å². The summed E-state index contributed by atoms with van der Waals surface area (Å²) in [6.07, 6.45) is 2.30. The van der Waals surface area contributed by atoms with Gasteiger partial charge in [0.15, 0.2) is 0 Å². The molecule has 4 heteroatoms. The van der Waals surface area contributed by atoms with Crippen molar-refractivity contribution in [3.63, 3.8) is 0 Å². The predicted molar refractivity (Wildman–Crippen MR) is 76.0 cm³/mol. The highest BCUT2D eigenvalue weighted by Gasteiger charge is 2.45. The van der Waals surface area contributed by atoms with Gasteiger partial charge in [-0.25, -0.2) is 0 Å².